The Morgan fingerprint density at radius 1 is 1.12 bits per heavy atom. The van der Waals surface area contributed by atoms with E-state index < -0.39 is 34.9 Å². The largest absolute Gasteiger partial charge is 0.416 e. The number of imide groups is 1. The van der Waals surface area contributed by atoms with E-state index in [-0.39, 0.29) is 38.1 Å². The van der Waals surface area contributed by atoms with Gasteiger partial charge in [-0.05, 0) is 29.7 Å². The molecule has 0 radical (unpaired) electrons. The number of hydrogen-bond acceptors (Lipinski definition) is 4. The fraction of sp³-hybridized carbons (Fsp3) is 0.375. The molecule has 3 rings (SSSR count). The normalized spacial score (nSPS) is 18.6. The van der Waals surface area contributed by atoms with E-state index in [2.05, 4.69) is 5.32 Å². The highest BCUT2D eigenvalue weighted by molar-refractivity contribution is 6.11. The lowest BCUT2D eigenvalue weighted by Gasteiger charge is -2.28. The van der Waals surface area contributed by atoms with Gasteiger partial charge in [-0.2, -0.15) is 13.2 Å². The third-order valence-electron chi connectivity index (χ3n) is 5.85. The van der Waals surface area contributed by atoms with Crippen molar-refractivity contribution >= 4 is 17.7 Å². The zero-order chi connectivity index (χ0) is 24.2. The molecule has 1 saturated heterocycles. The van der Waals surface area contributed by atoms with Crippen LogP contribution in [0.25, 0.3) is 0 Å². The second-order valence-electron chi connectivity index (χ2n) is 8.03. The summed E-state index contributed by atoms with van der Waals surface area (Å²) in [6.07, 6.45) is -5.12. The van der Waals surface area contributed by atoms with Gasteiger partial charge in [0.2, 0.25) is 17.7 Å². The number of alkyl halides is 3. The molecule has 1 atom stereocenters. The molecule has 1 aliphatic heterocycles. The van der Waals surface area contributed by atoms with Crippen LogP contribution in [0.1, 0.15) is 35.1 Å². The van der Waals surface area contributed by atoms with Crippen LogP contribution in [0.15, 0.2) is 48.5 Å². The number of ether oxygens (including phenoxy) is 1. The average molecular weight is 462 g/mol. The number of benzene rings is 2. The molecule has 176 valence electrons. The highest BCUT2D eigenvalue weighted by atomic mass is 19.4. The number of nitrogens with zero attached hydrogens (tertiary/aromatic N) is 1. The van der Waals surface area contributed by atoms with Gasteiger partial charge in [-0.15, -0.1) is 0 Å². The molecule has 6 nitrogen and oxygen atoms in total. The summed E-state index contributed by atoms with van der Waals surface area (Å²) < 4.78 is 44.8. The lowest BCUT2D eigenvalue weighted by molar-refractivity contribution is -0.141. The minimum atomic E-state index is -4.56. The predicted octanol–water partition coefficient (Wildman–Crippen LogP) is 3.36. The first-order chi connectivity index (χ1) is 15.6. The van der Waals surface area contributed by atoms with Gasteiger partial charge in [-0.3, -0.25) is 19.3 Å². The minimum Gasteiger partial charge on any atom is -0.383 e. The van der Waals surface area contributed by atoms with Crippen LogP contribution in [0.4, 0.5) is 13.2 Å². The molecule has 0 bridgehead atoms. The molecule has 1 aliphatic rings. The van der Waals surface area contributed by atoms with Crippen molar-refractivity contribution in [2.45, 2.75) is 37.9 Å². The number of likely N-dealkylation sites (tertiary alicyclic amines) is 1. The van der Waals surface area contributed by atoms with Crippen molar-refractivity contribution in [2.24, 2.45) is 0 Å². The number of carbonyl (C=O) groups excluding carboxylic acids is 3. The van der Waals surface area contributed by atoms with Crippen LogP contribution < -0.4 is 5.32 Å². The Morgan fingerprint density at radius 3 is 2.45 bits per heavy atom. The molecule has 2 aromatic carbocycles. The lowest BCUT2D eigenvalue weighted by Crippen LogP contribution is -2.43. The van der Waals surface area contributed by atoms with Gasteiger partial charge in [0.1, 0.15) is 0 Å². The molecular formula is C24H25F3N2O4. The first-order valence-corrected chi connectivity index (χ1v) is 10.4. The zero-order valence-electron chi connectivity index (χ0n) is 18.4. The van der Waals surface area contributed by atoms with Crippen LogP contribution in [0.5, 0.6) is 0 Å². The second-order valence-corrected chi connectivity index (χ2v) is 8.03. The monoisotopic (exact) mass is 462 g/mol. The lowest BCUT2D eigenvalue weighted by atomic mass is 9.74. The minimum absolute atomic E-state index is 0.0579. The maximum Gasteiger partial charge on any atom is 0.416 e. The molecule has 0 unspecified atom stereocenters. The van der Waals surface area contributed by atoms with E-state index in [1.807, 2.05) is 0 Å². The Morgan fingerprint density at radius 2 is 1.79 bits per heavy atom. The zero-order valence-corrected chi connectivity index (χ0v) is 18.4. The van der Waals surface area contributed by atoms with Gasteiger partial charge >= 0.3 is 6.18 Å². The van der Waals surface area contributed by atoms with Gasteiger partial charge in [0, 0.05) is 26.5 Å². The maximum absolute atomic E-state index is 13.4. The van der Waals surface area contributed by atoms with E-state index in [0.717, 1.165) is 16.5 Å². The van der Waals surface area contributed by atoms with E-state index in [0.29, 0.717) is 5.56 Å². The summed E-state index contributed by atoms with van der Waals surface area (Å²) in [5.74, 6) is -1.55. The van der Waals surface area contributed by atoms with Crippen molar-refractivity contribution in [3.05, 3.63) is 70.8 Å². The number of carbonyl (C=O) groups is 3. The summed E-state index contributed by atoms with van der Waals surface area (Å²) in [5.41, 5.74) is -1.06. The highest BCUT2D eigenvalue weighted by Crippen LogP contribution is 2.41. The number of amides is 3. The molecule has 1 heterocycles. The summed E-state index contributed by atoms with van der Waals surface area (Å²) >= 11 is 0. The molecule has 1 fully saturated rings. The van der Waals surface area contributed by atoms with Crippen LogP contribution in [0.2, 0.25) is 0 Å². The van der Waals surface area contributed by atoms with Crippen LogP contribution in [0, 0.1) is 6.92 Å². The van der Waals surface area contributed by atoms with E-state index in [4.69, 9.17) is 4.74 Å². The molecule has 0 aliphatic carbocycles. The number of aryl methyl sites for hydroxylation is 1. The summed E-state index contributed by atoms with van der Waals surface area (Å²) in [4.78, 5) is 40.1. The molecule has 9 heteroatoms. The maximum atomic E-state index is 13.4. The van der Waals surface area contributed by atoms with Gasteiger partial charge < -0.3 is 10.1 Å². The number of nitrogens with one attached hydrogen (secondary N) is 1. The number of methoxy groups -OCH3 is 1. The van der Waals surface area contributed by atoms with E-state index in [1.54, 1.807) is 31.2 Å². The van der Waals surface area contributed by atoms with Crippen molar-refractivity contribution in [3.63, 3.8) is 0 Å². The molecule has 0 aromatic heterocycles. The predicted molar refractivity (Wildman–Crippen MR) is 114 cm³/mol. The number of halogens is 3. The molecule has 0 saturated carbocycles. The van der Waals surface area contributed by atoms with Gasteiger partial charge in [0.15, 0.2) is 0 Å². The first kappa shape index (κ1) is 24.4. The van der Waals surface area contributed by atoms with E-state index in [9.17, 15) is 27.6 Å². The van der Waals surface area contributed by atoms with Crippen LogP contribution in [-0.2, 0) is 37.3 Å². The van der Waals surface area contributed by atoms with Gasteiger partial charge in [-0.1, -0.05) is 42.5 Å². The van der Waals surface area contributed by atoms with E-state index >= 15 is 0 Å². The summed E-state index contributed by atoms with van der Waals surface area (Å²) in [6, 6.07) is 12.0. The fourth-order valence-corrected chi connectivity index (χ4v) is 4.24. The van der Waals surface area contributed by atoms with Crippen LogP contribution in [0.3, 0.4) is 0 Å². The van der Waals surface area contributed by atoms with Crippen molar-refractivity contribution in [3.8, 4) is 0 Å². The van der Waals surface area contributed by atoms with Crippen LogP contribution in [-0.4, -0.2) is 42.9 Å². The molecule has 1 N–H and O–H groups in total. The topological polar surface area (TPSA) is 75.7 Å². The molecule has 3 amide bonds. The number of rotatable bonds is 8. The second kappa shape index (κ2) is 9.74. The number of hydrogen-bond donors (Lipinski definition) is 1. The quantitative estimate of drug-likeness (QED) is 0.611. The van der Waals surface area contributed by atoms with Gasteiger partial charge in [0.25, 0.3) is 0 Å². The third-order valence-corrected chi connectivity index (χ3v) is 5.85. The Labute approximate surface area is 189 Å². The average Bonchev–Trinajstić information content (AvgIpc) is 3.00. The highest BCUT2D eigenvalue weighted by Gasteiger charge is 2.54. The SMILES string of the molecule is COCCN1C(=O)C[C@](CC(=O)NCc2ccccc2C(F)(F)F)(c2ccccc2C)C1=O. The van der Waals surface area contributed by atoms with Gasteiger partial charge in [-0.25, -0.2) is 0 Å². The van der Waals surface area contributed by atoms with Crippen molar-refractivity contribution < 1.29 is 32.3 Å². The standard InChI is InChI=1S/C24H25F3N2O4/c1-16-7-3-5-9-18(16)23(14-21(31)29(22(23)32)11-12-33-2)13-20(30)28-15-17-8-4-6-10-19(17)24(25,26)27/h3-10H,11-15H2,1-2H3,(H,28,30)/t23-/m1/s1. The summed E-state index contributed by atoms with van der Waals surface area (Å²) in [7, 11) is 1.45. The molecule has 0 spiro atoms. The molecule has 33 heavy (non-hydrogen) atoms. The van der Waals surface area contributed by atoms with Crippen molar-refractivity contribution in [1.82, 2.24) is 10.2 Å². The fourth-order valence-electron chi connectivity index (χ4n) is 4.24. The van der Waals surface area contributed by atoms with Gasteiger partial charge in [0.05, 0.1) is 24.1 Å². The Hall–Kier alpha value is -3.20. The van der Waals surface area contributed by atoms with E-state index in [1.165, 1.54) is 25.3 Å². The molecular weight excluding hydrogens is 437 g/mol. The summed E-state index contributed by atoms with van der Waals surface area (Å²) in [6.45, 7) is 1.64. The Balaban J connectivity index is 1.87. The summed E-state index contributed by atoms with van der Waals surface area (Å²) in [5, 5.41) is 2.50. The smallest absolute Gasteiger partial charge is 0.383 e. The Bertz CT molecular complexity index is 1050. The molecule has 2 aromatic rings. The third kappa shape index (κ3) is 5.08. The Kier molecular flexibility index (Phi) is 7.22. The van der Waals surface area contributed by atoms with Crippen LogP contribution >= 0.6 is 0 Å². The van der Waals surface area contributed by atoms with Crippen molar-refractivity contribution in [2.75, 3.05) is 20.3 Å². The van der Waals surface area contributed by atoms with Crippen molar-refractivity contribution in [1.29, 1.82) is 0 Å². The first-order valence-electron chi connectivity index (χ1n) is 10.4.